The van der Waals surface area contributed by atoms with Crippen molar-refractivity contribution < 1.29 is 13.2 Å². The lowest BCUT2D eigenvalue weighted by molar-refractivity contribution is -0.119. The Morgan fingerprint density at radius 3 is 2.36 bits per heavy atom. The highest BCUT2D eigenvalue weighted by atomic mass is 35.5. The number of nitrogens with zero attached hydrogens (tertiary/aromatic N) is 1. The normalized spacial score (nSPS) is 13.4. The van der Waals surface area contributed by atoms with Gasteiger partial charge in [0, 0.05) is 22.7 Å². The quantitative estimate of drug-likeness (QED) is 0.684. The minimum atomic E-state index is -3.30. The van der Waals surface area contributed by atoms with E-state index >= 15 is 0 Å². The minimum absolute atomic E-state index is 0. The monoisotopic (exact) mass is 404 g/mol. The van der Waals surface area contributed by atoms with Gasteiger partial charge in [0.05, 0.1) is 17.9 Å². The predicted molar refractivity (Wildman–Crippen MR) is 105 cm³/mol. The van der Waals surface area contributed by atoms with Gasteiger partial charge in [-0.15, -0.1) is 23.7 Å². The number of carbonyl (C=O) groups excluding carboxylic acids is 1. The number of sulfonamides is 1. The Labute approximate surface area is 157 Å². The van der Waals surface area contributed by atoms with E-state index in [-0.39, 0.29) is 30.3 Å². The lowest BCUT2D eigenvalue weighted by Gasteiger charge is -2.13. The molecule has 2 unspecified atom stereocenters. The summed E-state index contributed by atoms with van der Waals surface area (Å²) in [5.74, 6) is -0.475. The summed E-state index contributed by atoms with van der Waals surface area (Å²) in [6, 6.07) is 6.61. The number of nitrogens with one attached hydrogen (secondary N) is 2. The van der Waals surface area contributed by atoms with E-state index < -0.39 is 10.0 Å². The van der Waals surface area contributed by atoms with Crippen LogP contribution < -0.4 is 15.8 Å². The lowest BCUT2D eigenvalue weighted by Crippen LogP contribution is -2.34. The third-order valence-electron chi connectivity index (χ3n) is 3.42. The average Bonchev–Trinajstić information content (AvgIpc) is 2.93. The van der Waals surface area contributed by atoms with E-state index in [0.29, 0.717) is 16.5 Å². The Morgan fingerprint density at radius 1 is 1.24 bits per heavy atom. The first kappa shape index (κ1) is 21.4. The first-order chi connectivity index (χ1) is 11.2. The summed E-state index contributed by atoms with van der Waals surface area (Å²) in [6.07, 6.45) is 1.10. The number of nitrogens with two attached hydrogens (primary N) is 1. The van der Waals surface area contributed by atoms with Crippen LogP contribution in [0.3, 0.4) is 0 Å². The number of anilines is 2. The fourth-order valence-corrected chi connectivity index (χ4v) is 3.13. The number of benzene rings is 1. The molecule has 0 saturated carbocycles. The summed E-state index contributed by atoms with van der Waals surface area (Å²) in [4.78, 5) is 16.4. The number of rotatable bonds is 6. The fraction of sp³-hybridized carbons (Fsp3) is 0.333. The zero-order chi connectivity index (χ0) is 17.9. The van der Waals surface area contributed by atoms with Crippen LogP contribution in [0.1, 0.15) is 13.8 Å². The minimum Gasteiger partial charge on any atom is -0.327 e. The Morgan fingerprint density at radius 2 is 1.84 bits per heavy atom. The molecule has 0 aliphatic heterocycles. The van der Waals surface area contributed by atoms with Crippen molar-refractivity contribution in [3.05, 3.63) is 29.6 Å². The zero-order valence-electron chi connectivity index (χ0n) is 14.0. The highest BCUT2D eigenvalue weighted by Crippen LogP contribution is 2.26. The zero-order valence-corrected chi connectivity index (χ0v) is 16.5. The topological polar surface area (TPSA) is 114 Å². The van der Waals surface area contributed by atoms with Gasteiger partial charge in [0.25, 0.3) is 0 Å². The highest BCUT2D eigenvalue weighted by molar-refractivity contribution is 7.92. The van der Waals surface area contributed by atoms with Crippen LogP contribution in [-0.4, -0.2) is 31.6 Å². The van der Waals surface area contributed by atoms with Crippen molar-refractivity contribution in [2.24, 2.45) is 11.7 Å². The molecule has 2 aromatic rings. The van der Waals surface area contributed by atoms with Crippen molar-refractivity contribution in [1.29, 1.82) is 0 Å². The molecule has 0 aliphatic carbocycles. The molecule has 0 fully saturated rings. The molecule has 0 aliphatic rings. The van der Waals surface area contributed by atoms with Crippen LogP contribution in [0.4, 0.5) is 10.8 Å². The van der Waals surface area contributed by atoms with E-state index in [0.717, 1.165) is 11.8 Å². The Kier molecular flexibility index (Phi) is 7.36. The van der Waals surface area contributed by atoms with Crippen LogP contribution in [0.5, 0.6) is 0 Å². The summed E-state index contributed by atoms with van der Waals surface area (Å²) < 4.78 is 24.8. The average molecular weight is 405 g/mol. The molecule has 25 heavy (non-hydrogen) atoms. The van der Waals surface area contributed by atoms with Crippen LogP contribution in [0.25, 0.3) is 11.3 Å². The molecule has 0 radical (unpaired) electrons. The number of halogens is 1. The molecule has 1 aromatic heterocycles. The summed E-state index contributed by atoms with van der Waals surface area (Å²) in [7, 11) is -3.30. The van der Waals surface area contributed by atoms with Crippen LogP contribution in [0.2, 0.25) is 0 Å². The molecular weight excluding hydrogens is 384 g/mol. The number of thiazole rings is 1. The summed E-state index contributed by atoms with van der Waals surface area (Å²) in [5.41, 5.74) is 7.73. The van der Waals surface area contributed by atoms with Gasteiger partial charge >= 0.3 is 0 Å². The smallest absolute Gasteiger partial charge is 0.230 e. The molecule has 4 N–H and O–H groups in total. The van der Waals surface area contributed by atoms with E-state index in [9.17, 15) is 13.2 Å². The molecular formula is C15H21ClN4O3S2. The maximum Gasteiger partial charge on any atom is 0.230 e. The van der Waals surface area contributed by atoms with Crippen LogP contribution in [-0.2, 0) is 14.8 Å². The molecule has 7 nitrogen and oxygen atoms in total. The standard InChI is InChI=1S/C15H20N4O3S2.ClH/c1-9(10(2)16)14(20)18-15-17-13(8-23-15)11-4-6-12(7-5-11)19-24(3,21)22;/h4-10,19H,16H2,1-3H3,(H,17,18,20);1H. The molecule has 1 aromatic carbocycles. The Balaban J connectivity index is 0.00000312. The molecule has 1 heterocycles. The van der Waals surface area contributed by atoms with Gasteiger partial charge in [-0.05, 0) is 19.1 Å². The van der Waals surface area contributed by atoms with Crippen molar-refractivity contribution in [2.75, 3.05) is 16.3 Å². The van der Waals surface area contributed by atoms with Gasteiger partial charge in [-0.1, -0.05) is 19.1 Å². The fourth-order valence-electron chi connectivity index (χ4n) is 1.84. The molecule has 0 spiro atoms. The van der Waals surface area contributed by atoms with E-state index in [4.69, 9.17) is 5.73 Å². The van der Waals surface area contributed by atoms with Crippen molar-refractivity contribution in [2.45, 2.75) is 19.9 Å². The maximum absolute atomic E-state index is 12.0. The second-order valence-electron chi connectivity index (χ2n) is 5.63. The van der Waals surface area contributed by atoms with Gasteiger partial charge in [0.15, 0.2) is 5.13 Å². The third kappa shape index (κ3) is 6.28. The van der Waals surface area contributed by atoms with Gasteiger partial charge in [-0.25, -0.2) is 13.4 Å². The number of hydrogen-bond donors (Lipinski definition) is 3. The van der Waals surface area contributed by atoms with Gasteiger partial charge < -0.3 is 11.1 Å². The van der Waals surface area contributed by atoms with Crippen molar-refractivity contribution in [1.82, 2.24) is 4.98 Å². The largest absolute Gasteiger partial charge is 0.327 e. The van der Waals surface area contributed by atoms with Gasteiger partial charge in [-0.2, -0.15) is 0 Å². The van der Waals surface area contributed by atoms with Crippen molar-refractivity contribution in [3.8, 4) is 11.3 Å². The van der Waals surface area contributed by atoms with Crippen LogP contribution >= 0.6 is 23.7 Å². The number of hydrogen-bond acceptors (Lipinski definition) is 6. The molecule has 0 bridgehead atoms. The number of aromatic nitrogens is 1. The third-order valence-corrected chi connectivity index (χ3v) is 4.78. The summed E-state index contributed by atoms with van der Waals surface area (Å²) in [6.45, 7) is 3.55. The van der Waals surface area contributed by atoms with Crippen LogP contribution in [0, 0.1) is 5.92 Å². The summed E-state index contributed by atoms with van der Waals surface area (Å²) >= 11 is 1.32. The highest BCUT2D eigenvalue weighted by Gasteiger charge is 2.18. The van der Waals surface area contributed by atoms with Crippen molar-refractivity contribution in [3.63, 3.8) is 0 Å². The number of carbonyl (C=O) groups is 1. The van der Waals surface area contributed by atoms with E-state index in [2.05, 4.69) is 15.0 Å². The van der Waals surface area contributed by atoms with Gasteiger partial charge in [0.1, 0.15) is 0 Å². The first-order valence-electron chi connectivity index (χ1n) is 7.26. The van der Waals surface area contributed by atoms with E-state index in [1.165, 1.54) is 11.3 Å². The lowest BCUT2D eigenvalue weighted by atomic mass is 10.0. The molecule has 10 heteroatoms. The van der Waals surface area contributed by atoms with E-state index in [1.54, 1.807) is 38.1 Å². The Bertz CT molecular complexity index is 820. The van der Waals surface area contributed by atoms with Gasteiger partial charge in [0.2, 0.25) is 15.9 Å². The van der Waals surface area contributed by atoms with E-state index in [1.807, 2.05) is 5.38 Å². The number of amides is 1. The predicted octanol–water partition coefficient (Wildman–Crippen LogP) is 2.53. The van der Waals surface area contributed by atoms with Crippen molar-refractivity contribution >= 4 is 50.5 Å². The van der Waals surface area contributed by atoms with Crippen LogP contribution in [0.15, 0.2) is 29.6 Å². The molecule has 2 atom stereocenters. The molecule has 138 valence electrons. The first-order valence-corrected chi connectivity index (χ1v) is 10.0. The molecule has 2 rings (SSSR count). The molecule has 1 amide bonds. The van der Waals surface area contributed by atoms with Gasteiger partial charge in [-0.3, -0.25) is 9.52 Å². The second-order valence-corrected chi connectivity index (χ2v) is 8.23. The second kappa shape index (κ2) is 8.61. The Hall–Kier alpha value is -1.68. The molecule has 0 saturated heterocycles. The summed E-state index contributed by atoms with van der Waals surface area (Å²) in [5, 5.41) is 5.08. The maximum atomic E-state index is 12.0. The SMILES string of the molecule is CC(N)C(C)C(=O)Nc1nc(-c2ccc(NS(C)(=O)=O)cc2)cs1.Cl.